The fraction of sp³-hybridized carbons (Fsp3) is 0.500. The summed E-state index contributed by atoms with van der Waals surface area (Å²) in [6.45, 7) is 3.81. The summed E-state index contributed by atoms with van der Waals surface area (Å²) in [5, 5.41) is 3.95. The average molecular weight is 319 g/mol. The number of hydrogen-bond acceptors (Lipinski definition) is 3. The second-order valence-corrected chi connectivity index (χ2v) is 5.26. The van der Waals surface area contributed by atoms with E-state index in [-0.39, 0.29) is 31.0 Å². The minimum absolute atomic E-state index is 0. The van der Waals surface area contributed by atoms with Crippen molar-refractivity contribution in [3.63, 3.8) is 0 Å². The molecule has 1 saturated heterocycles. The van der Waals surface area contributed by atoms with Gasteiger partial charge in [-0.2, -0.15) is 0 Å². The number of nitrogens with one attached hydrogen (secondary N) is 1. The largest absolute Gasteiger partial charge is 0.484 e. The third-order valence-electron chi connectivity index (χ3n) is 3.47. The Balaban J connectivity index is 0.00000200. The molecule has 4 nitrogen and oxygen atoms in total. The predicted octanol–water partition coefficient (Wildman–Crippen LogP) is 2.27. The minimum Gasteiger partial charge on any atom is -0.484 e. The van der Waals surface area contributed by atoms with Crippen molar-refractivity contribution in [2.24, 2.45) is 0 Å². The molecule has 1 unspecified atom stereocenters. The van der Waals surface area contributed by atoms with Gasteiger partial charge in [-0.3, -0.25) is 4.79 Å². The highest BCUT2D eigenvalue weighted by Crippen LogP contribution is 2.21. The van der Waals surface area contributed by atoms with E-state index in [0.29, 0.717) is 10.8 Å². The van der Waals surface area contributed by atoms with Gasteiger partial charge in [0, 0.05) is 24.7 Å². The number of amides is 1. The molecule has 0 spiro atoms. The van der Waals surface area contributed by atoms with Crippen LogP contribution in [0, 0.1) is 6.92 Å². The van der Waals surface area contributed by atoms with Crippen LogP contribution < -0.4 is 10.1 Å². The van der Waals surface area contributed by atoms with Gasteiger partial charge in [0.05, 0.1) is 0 Å². The Morgan fingerprint density at radius 3 is 2.90 bits per heavy atom. The van der Waals surface area contributed by atoms with E-state index in [1.807, 2.05) is 20.0 Å². The van der Waals surface area contributed by atoms with Gasteiger partial charge in [0.1, 0.15) is 5.75 Å². The standard InChI is InChI=1S/C14H19ClN2O2.ClH/c1-10-7-12(3-4-13(10)15)19-9-14(18)17(2)11-5-6-16-8-11;/h3-4,7,11,16H,5-6,8-9H2,1-2H3;1H. The number of aryl methyl sites for hydroxylation is 1. The summed E-state index contributed by atoms with van der Waals surface area (Å²) in [4.78, 5) is 13.8. The Labute approximate surface area is 130 Å². The molecule has 1 aliphatic rings. The van der Waals surface area contributed by atoms with Crippen molar-refractivity contribution in [2.75, 3.05) is 26.7 Å². The van der Waals surface area contributed by atoms with Crippen LogP contribution in [0.25, 0.3) is 0 Å². The molecule has 112 valence electrons. The Morgan fingerprint density at radius 1 is 1.55 bits per heavy atom. The van der Waals surface area contributed by atoms with Gasteiger partial charge in [-0.1, -0.05) is 11.6 Å². The molecule has 0 radical (unpaired) electrons. The Morgan fingerprint density at radius 2 is 2.30 bits per heavy atom. The molecule has 2 rings (SSSR count). The molecule has 1 amide bonds. The molecule has 0 saturated carbocycles. The molecule has 1 N–H and O–H groups in total. The van der Waals surface area contributed by atoms with Crippen molar-refractivity contribution in [3.05, 3.63) is 28.8 Å². The van der Waals surface area contributed by atoms with Crippen LogP contribution >= 0.6 is 24.0 Å². The van der Waals surface area contributed by atoms with Gasteiger partial charge in [0.25, 0.3) is 5.91 Å². The molecule has 1 atom stereocenters. The molecule has 0 aromatic heterocycles. The molecule has 1 aliphatic heterocycles. The summed E-state index contributed by atoms with van der Waals surface area (Å²) in [7, 11) is 1.83. The maximum Gasteiger partial charge on any atom is 0.260 e. The Bertz CT molecular complexity index is 462. The summed E-state index contributed by atoms with van der Waals surface area (Å²) in [6, 6.07) is 5.68. The highest BCUT2D eigenvalue weighted by atomic mass is 35.5. The number of carbonyl (C=O) groups is 1. The van der Waals surface area contributed by atoms with Crippen LogP contribution in [0.3, 0.4) is 0 Å². The topological polar surface area (TPSA) is 41.6 Å². The van der Waals surface area contributed by atoms with Gasteiger partial charge in [0.15, 0.2) is 6.61 Å². The molecule has 1 heterocycles. The van der Waals surface area contributed by atoms with Crippen molar-refractivity contribution in [2.45, 2.75) is 19.4 Å². The lowest BCUT2D eigenvalue weighted by molar-refractivity contribution is -0.133. The van der Waals surface area contributed by atoms with Gasteiger partial charge in [-0.05, 0) is 43.7 Å². The monoisotopic (exact) mass is 318 g/mol. The van der Waals surface area contributed by atoms with Crippen LogP contribution in [0.4, 0.5) is 0 Å². The third-order valence-corrected chi connectivity index (χ3v) is 3.89. The highest BCUT2D eigenvalue weighted by molar-refractivity contribution is 6.31. The van der Waals surface area contributed by atoms with Crippen LogP contribution in [0.2, 0.25) is 5.02 Å². The Hall–Kier alpha value is -0.970. The summed E-state index contributed by atoms with van der Waals surface area (Å²) < 4.78 is 5.51. The van der Waals surface area contributed by atoms with Gasteiger partial charge in [-0.15, -0.1) is 12.4 Å². The normalized spacial score (nSPS) is 17.4. The van der Waals surface area contributed by atoms with E-state index in [0.717, 1.165) is 25.1 Å². The number of halogens is 2. The number of hydrogen-bond donors (Lipinski definition) is 1. The summed E-state index contributed by atoms with van der Waals surface area (Å²) in [5.74, 6) is 0.675. The Kier molecular flexibility index (Phi) is 6.59. The lowest BCUT2D eigenvalue weighted by atomic mass is 10.2. The van der Waals surface area contributed by atoms with E-state index in [1.165, 1.54) is 0 Å². The molecule has 0 aliphatic carbocycles. The molecule has 1 fully saturated rings. The highest BCUT2D eigenvalue weighted by Gasteiger charge is 2.23. The van der Waals surface area contributed by atoms with Crippen molar-refractivity contribution in [3.8, 4) is 5.75 Å². The number of likely N-dealkylation sites (N-methyl/N-ethyl adjacent to an activating group) is 1. The summed E-state index contributed by atoms with van der Waals surface area (Å²) in [6.07, 6.45) is 1.00. The number of benzene rings is 1. The molecule has 1 aromatic carbocycles. The number of carbonyl (C=O) groups excluding carboxylic acids is 1. The van der Waals surface area contributed by atoms with Gasteiger partial charge in [0.2, 0.25) is 0 Å². The second-order valence-electron chi connectivity index (χ2n) is 4.85. The fourth-order valence-corrected chi connectivity index (χ4v) is 2.25. The quantitative estimate of drug-likeness (QED) is 0.926. The molecular weight excluding hydrogens is 299 g/mol. The van der Waals surface area contributed by atoms with Crippen LogP contribution in [-0.2, 0) is 4.79 Å². The molecule has 0 bridgehead atoms. The lowest BCUT2D eigenvalue weighted by Crippen LogP contribution is -2.40. The summed E-state index contributed by atoms with van der Waals surface area (Å²) in [5.41, 5.74) is 0.944. The van der Waals surface area contributed by atoms with Gasteiger partial charge >= 0.3 is 0 Å². The van der Waals surface area contributed by atoms with E-state index in [2.05, 4.69) is 5.32 Å². The molecule has 1 aromatic rings. The molecular formula is C14H20Cl2N2O2. The zero-order valence-electron chi connectivity index (χ0n) is 11.7. The first-order valence-corrected chi connectivity index (χ1v) is 6.81. The number of nitrogens with zero attached hydrogens (tertiary/aromatic N) is 1. The van der Waals surface area contributed by atoms with E-state index in [1.54, 1.807) is 17.0 Å². The zero-order valence-corrected chi connectivity index (χ0v) is 13.3. The van der Waals surface area contributed by atoms with E-state index in [4.69, 9.17) is 16.3 Å². The van der Waals surface area contributed by atoms with E-state index < -0.39 is 0 Å². The number of ether oxygens (including phenoxy) is 1. The van der Waals surface area contributed by atoms with Crippen molar-refractivity contribution >= 4 is 29.9 Å². The van der Waals surface area contributed by atoms with Gasteiger partial charge in [-0.25, -0.2) is 0 Å². The van der Waals surface area contributed by atoms with Gasteiger partial charge < -0.3 is 15.0 Å². The fourth-order valence-electron chi connectivity index (χ4n) is 2.13. The van der Waals surface area contributed by atoms with Crippen molar-refractivity contribution in [1.82, 2.24) is 10.2 Å². The molecule has 20 heavy (non-hydrogen) atoms. The van der Waals surface area contributed by atoms with Crippen molar-refractivity contribution in [1.29, 1.82) is 0 Å². The maximum atomic E-state index is 12.0. The van der Waals surface area contributed by atoms with Crippen LogP contribution in [0.5, 0.6) is 5.75 Å². The average Bonchev–Trinajstić information content (AvgIpc) is 2.93. The van der Waals surface area contributed by atoms with E-state index >= 15 is 0 Å². The smallest absolute Gasteiger partial charge is 0.260 e. The van der Waals surface area contributed by atoms with E-state index in [9.17, 15) is 4.79 Å². The van der Waals surface area contributed by atoms with Crippen molar-refractivity contribution < 1.29 is 9.53 Å². The second kappa shape index (κ2) is 7.72. The first-order valence-electron chi connectivity index (χ1n) is 6.43. The van der Waals surface area contributed by atoms with Crippen LogP contribution in [0.1, 0.15) is 12.0 Å². The first-order chi connectivity index (χ1) is 9.08. The number of rotatable bonds is 4. The maximum absolute atomic E-state index is 12.0. The third kappa shape index (κ3) is 4.27. The van der Waals surface area contributed by atoms with Crippen LogP contribution in [-0.4, -0.2) is 43.6 Å². The zero-order chi connectivity index (χ0) is 13.8. The lowest BCUT2D eigenvalue weighted by Gasteiger charge is -2.23. The van der Waals surface area contributed by atoms with Crippen LogP contribution in [0.15, 0.2) is 18.2 Å². The predicted molar refractivity (Wildman–Crippen MR) is 83.0 cm³/mol. The molecule has 6 heteroatoms. The SMILES string of the molecule is Cc1cc(OCC(=O)N(C)C2CCNC2)ccc1Cl.Cl. The first kappa shape index (κ1) is 17.1. The summed E-state index contributed by atoms with van der Waals surface area (Å²) >= 11 is 5.94. The minimum atomic E-state index is 0.